The number of piperidine rings is 1. The van der Waals surface area contributed by atoms with E-state index in [1.807, 2.05) is 24.3 Å². The molecule has 12 radical (unpaired) electrons. The van der Waals surface area contributed by atoms with Crippen LogP contribution in [0.25, 0.3) is 22.1 Å². The molecule has 13 heteroatoms. The van der Waals surface area contributed by atoms with Crippen molar-refractivity contribution in [2.24, 2.45) is 0 Å². The molecule has 0 atom stereocenters. The first-order valence-electron chi connectivity index (χ1n) is 11.3. The summed E-state index contributed by atoms with van der Waals surface area (Å²) in [7, 11) is 34.7. The van der Waals surface area contributed by atoms with E-state index in [1.165, 1.54) is 0 Å². The molecule has 2 amide bonds. The smallest absolute Gasteiger partial charge is 0.323 e. The van der Waals surface area contributed by atoms with Gasteiger partial charge in [0.15, 0.2) is 11.7 Å². The lowest BCUT2D eigenvalue weighted by Gasteiger charge is -2.47. The van der Waals surface area contributed by atoms with Gasteiger partial charge < -0.3 is 14.6 Å². The van der Waals surface area contributed by atoms with E-state index in [0.29, 0.717) is 43.4 Å². The molecule has 1 aliphatic rings. The summed E-state index contributed by atoms with van der Waals surface area (Å²) in [6.07, 6.45) is 4.63. The van der Waals surface area contributed by atoms with Crippen LogP contribution in [-0.4, -0.2) is 93.1 Å². The first kappa shape index (κ1) is 25.5. The number of benzene rings is 1. The predicted octanol–water partition coefficient (Wildman–Crippen LogP) is 1.31. The Hall–Kier alpha value is -2.54. The Morgan fingerprint density at radius 1 is 1.03 bits per heavy atom. The van der Waals surface area contributed by atoms with Crippen LogP contribution in [0.3, 0.4) is 0 Å². The number of oxazole rings is 1. The van der Waals surface area contributed by atoms with Crippen molar-refractivity contribution in [3.05, 3.63) is 42.5 Å². The van der Waals surface area contributed by atoms with Crippen molar-refractivity contribution in [3.63, 3.8) is 0 Å². The van der Waals surface area contributed by atoms with Crippen LogP contribution in [0.4, 0.5) is 10.6 Å². The van der Waals surface area contributed by atoms with E-state index in [-0.39, 0.29) is 12.1 Å². The minimum Gasteiger partial charge on any atom is -0.441 e. The van der Waals surface area contributed by atoms with E-state index in [2.05, 4.69) is 20.6 Å². The minimum absolute atomic E-state index is 0.0638. The van der Waals surface area contributed by atoms with Crippen LogP contribution in [0.15, 0.2) is 41.1 Å². The molecule has 0 unspecified atom stereocenters. The van der Waals surface area contributed by atoms with Crippen molar-refractivity contribution in [2.45, 2.75) is 42.1 Å². The van der Waals surface area contributed by atoms with Crippen LogP contribution in [0, 0.1) is 6.92 Å². The van der Waals surface area contributed by atoms with Crippen molar-refractivity contribution in [1.29, 1.82) is 0 Å². The quantitative estimate of drug-likeness (QED) is 0.552. The molecule has 0 bridgehead atoms. The molecule has 1 aliphatic heterocycles. The summed E-state index contributed by atoms with van der Waals surface area (Å²) in [5, 5.41) is 4.46. The van der Waals surface area contributed by atoms with E-state index >= 15 is 0 Å². The monoisotopic (exact) mass is 453 g/mol. The number of aromatic nitrogens is 2. The molecule has 1 saturated heterocycles. The number of hydrogen-bond acceptors (Lipinski definition) is 5. The second kappa shape index (κ2) is 9.84. The van der Waals surface area contributed by atoms with Gasteiger partial charge in [-0.2, -0.15) is 0 Å². The fourth-order valence-corrected chi connectivity index (χ4v) is 4.25. The molecule has 4 rings (SSSR count). The molecular formula is C22H21B6N5O2. The van der Waals surface area contributed by atoms with Crippen LogP contribution in [-0.2, 0) is 0 Å². The number of carbonyl (C=O) groups is 1. The van der Waals surface area contributed by atoms with E-state index in [9.17, 15) is 4.79 Å². The molecule has 0 aliphatic carbocycles. The van der Waals surface area contributed by atoms with Gasteiger partial charge in [0.25, 0.3) is 0 Å². The molecule has 164 valence electrons. The average molecular weight is 452 g/mol. The fraction of sp³-hybridized carbons (Fsp3) is 0.409. The molecule has 2 aromatic heterocycles. The fourth-order valence-electron chi connectivity index (χ4n) is 4.25. The summed E-state index contributed by atoms with van der Waals surface area (Å²) < 4.78 is 5.61. The zero-order chi connectivity index (χ0) is 25.4. The Morgan fingerprint density at radius 3 is 2.31 bits per heavy atom. The Balaban J connectivity index is 1.38. The highest BCUT2D eigenvalue weighted by atomic mass is 16.4. The van der Waals surface area contributed by atoms with Crippen LogP contribution >= 0.6 is 0 Å². The number of nitrogens with zero attached hydrogens (tertiary/aromatic N) is 3. The minimum atomic E-state index is -1.71. The largest absolute Gasteiger partial charge is 0.441 e. The number of carbonyl (C=O) groups excluding carboxylic acids is 1. The maximum atomic E-state index is 12.9. The van der Waals surface area contributed by atoms with Crippen molar-refractivity contribution in [3.8, 4) is 11.3 Å². The van der Waals surface area contributed by atoms with Gasteiger partial charge in [-0.1, -0.05) is 12.1 Å². The molecular weight excluding hydrogens is 431 g/mol. The zero-order valence-electron chi connectivity index (χ0n) is 19.6. The van der Waals surface area contributed by atoms with E-state index in [1.54, 1.807) is 24.2 Å². The first-order chi connectivity index (χ1) is 16.4. The summed E-state index contributed by atoms with van der Waals surface area (Å²) in [4.78, 5) is 23.1. The number of hydrogen-bond donors (Lipinski definition) is 2. The number of fused-ring (bicyclic) bond motifs is 1. The van der Waals surface area contributed by atoms with Crippen molar-refractivity contribution >= 4 is 69.7 Å². The molecule has 7 nitrogen and oxygen atoms in total. The Labute approximate surface area is 213 Å². The average Bonchev–Trinajstić information content (AvgIpc) is 3.22. The van der Waals surface area contributed by atoms with Gasteiger partial charge in [0.2, 0.25) is 0 Å². The Morgan fingerprint density at radius 2 is 1.71 bits per heavy atom. The number of aryl methyl sites for hydroxylation is 1. The third kappa shape index (κ3) is 6.18. The molecule has 1 aromatic carbocycles. The molecule has 0 spiro atoms. The zero-order valence-corrected chi connectivity index (χ0v) is 19.6. The molecule has 2 N–H and O–H groups in total. The lowest BCUT2D eigenvalue weighted by Crippen LogP contribution is -2.57. The summed E-state index contributed by atoms with van der Waals surface area (Å²) in [6, 6.07) is 6.44. The van der Waals surface area contributed by atoms with Gasteiger partial charge in [0.05, 0.1) is 53.3 Å². The van der Waals surface area contributed by atoms with Gasteiger partial charge in [-0.25, -0.2) is 14.8 Å². The SMILES string of the molecule is [B]C([B])([B])C(NC1CCN(C(=O)Nc2cc3cc(-c4cnc(C)o4)ccc3cn2)CC1)C([B])([B])[B]. The van der Waals surface area contributed by atoms with Crippen LogP contribution in [0.5, 0.6) is 0 Å². The van der Waals surface area contributed by atoms with Crippen molar-refractivity contribution < 1.29 is 9.21 Å². The van der Waals surface area contributed by atoms with E-state index in [4.69, 9.17) is 51.5 Å². The Kier molecular flexibility index (Phi) is 7.18. The third-order valence-corrected chi connectivity index (χ3v) is 6.05. The normalized spacial score (nSPS) is 15.5. The van der Waals surface area contributed by atoms with E-state index < -0.39 is 16.3 Å². The molecule has 0 saturated carbocycles. The number of urea groups is 1. The van der Waals surface area contributed by atoms with Gasteiger partial charge >= 0.3 is 6.03 Å². The number of anilines is 1. The lowest BCUT2D eigenvalue weighted by atomic mass is 9.27. The maximum Gasteiger partial charge on any atom is 0.323 e. The summed E-state index contributed by atoms with van der Waals surface area (Å²) >= 11 is 0. The van der Waals surface area contributed by atoms with Crippen molar-refractivity contribution in [1.82, 2.24) is 20.2 Å². The van der Waals surface area contributed by atoms with Gasteiger partial charge in [-0.15, -0.1) is 10.2 Å². The third-order valence-electron chi connectivity index (χ3n) is 6.05. The number of likely N-dealkylation sites (tertiary alicyclic amines) is 1. The van der Waals surface area contributed by atoms with Gasteiger partial charge in [0, 0.05) is 43.2 Å². The summed E-state index contributed by atoms with van der Waals surface area (Å²) in [6.45, 7) is 2.76. The van der Waals surface area contributed by atoms with Gasteiger partial charge in [-0.3, -0.25) is 5.32 Å². The summed E-state index contributed by atoms with van der Waals surface area (Å²) in [5.74, 6) is 1.73. The topological polar surface area (TPSA) is 83.3 Å². The lowest BCUT2D eigenvalue weighted by molar-refractivity contribution is 0.185. The van der Waals surface area contributed by atoms with Gasteiger partial charge in [-0.05, 0) is 36.4 Å². The molecule has 35 heavy (non-hydrogen) atoms. The standard InChI is InChI=1S/C22H21B6N5O2/c1-12-29-11-17(35-12)13-2-3-14-10-30-18(9-15(14)8-13)32-20(34)33-6-4-16(5-7-33)31-19(21(23,24)25)22(26,27)28/h2-3,8-11,16,19,31H,4-7H2,1H3,(H,30,32,34). The van der Waals surface area contributed by atoms with Gasteiger partial charge in [0.1, 0.15) is 5.82 Å². The van der Waals surface area contributed by atoms with Crippen LogP contribution in [0.1, 0.15) is 18.7 Å². The molecule has 1 fully saturated rings. The number of pyridine rings is 1. The number of rotatable bonds is 6. The molecule has 3 aromatic rings. The second-order valence-electron chi connectivity index (χ2n) is 9.17. The summed E-state index contributed by atoms with van der Waals surface area (Å²) in [5.41, 5.74) is 0.891. The highest BCUT2D eigenvalue weighted by Crippen LogP contribution is 2.32. The first-order valence-corrected chi connectivity index (χ1v) is 11.3. The highest BCUT2D eigenvalue weighted by molar-refractivity contribution is 6.64. The van der Waals surface area contributed by atoms with Crippen LogP contribution < -0.4 is 10.6 Å². The molecule has 3 heterocycles. The second-order valence-corrected chi connectivity index (χ2v) is 9.17. The maximum absolute atomic E-state index is 12.9. The van der Waals surface area contributed by atoms with Crippen molar-refractivity contribution in [2.75, 3.05) is 18.4 Å². The Bertz CT molecular complexity index is 1190. The number of nitrogens with one attached hydrogen (secondary N) is 2. The highest BCUT2D eigenvalue weighted by Gasteiger charge is 2.35. The number of amides is 2. The van der Waals surface area contributed by atoms with E-state index in [0.717, 1.165) is 16.3 Å². The predicted molar refractivity (Wildman–Crippen MR) is 142 cm³/mol. The van der Waals surface area contributed by atoms with Crippen LogP contribution in [0.2, 0.25) is 10.2 Å².